The summed E-state index contributed by atoms with van der Waals surface area (Å²) in [6, 6.07) is 10.3. The molecule has 0 amide bonds. The zero-order valence-corrected chi connectivity index (χ0v) is 7.60. The second-order valence-corrected chi connectivity index (χ2v) is 3.32. The first kappa shape index (κ1) is 7.56. The minimum atomic E-state index is 0.648. The Balaban J connectivity index is 2.29. The molecule has 0 spiro atoms. The highest BCUT2D eigenvalue weighted by Crippen LogP contribution is 2.35. The molecular formula is C12H9NO. The van der Waals surface area contributed by atoms with E-state index in [1.165, 1.54) is 11.1 Å². The monoisotopic (exact) mass is 183 g/mol. The number of hydrogen-bond donors (Lipinski definition) is 0. The van der Waals surface area contributed by atoms with Crippen molar-refractivity contribution in [3.63, 3.8) is 0 Å². The fourth-order valence-corrected chi connectivity index (χ4v) is 1.78. The molecule has 2 heteroatoms. The number of benzene rings is 1. The zero-order valence-electron chi connectivity index (χ0n) is 7.60. The average Bonchev–Trinajstić information content (AvgIpc) is 2.29. The molecule has 0 radical (unpaired) electrons. The first-order valence-corrected chi connectivity index (χ1v) is 4.60. The van der Waals surface area contributed by atoms with Gasteiger partial charge in [0.1, 0.15) is 12.4 Å². The molecule has 0 saturated carbocycles. The van der Waals surface area contributed by atoms with Crippen molar-refractivity contribution < 1.29 is 4.74 Å². The molecule has 3 rings (SSSR count). The number of fused-ring (bicyclic) bond motifs is 3. The molecule has 1 aliphatic heterocycles. The molecule has 2 aromatic rings. The maximum Gasteiger partial charge on any atom is 0.145 e. The predicted octanol–water partition coefficient (Wildman–Crippen LogP) is 2.64. The van der Waals surface area contributed by atoms with Gasteiger partial charge in [-0.3, -0.25) is 4.98 Å². The fraction of sp³-hybridized carbons (Fsp3) is 0.0833. The van der Waals surface area contributed by atoms with Crippen LogP contribution in [0.15, 0.2) is 42.7 Å². The highest BCUT2D eigenvalue weighted by molar-refractivity contribution is 5.74. The minimum Gasteiger partial charge on any atom is -0.487 e. The van der Waals surface area contributed by atoms with Gasteiger partial charge in [0.15, 0.2) is 0 Å². The predicted molar refractivity (Wildman–Crippen MR) is 54.0 cm³/mol. The smallest absolute Gasteiger partial charge is 0.145 e. The molecule has 0 bridgehead atoms. The summed E-state index contributed by atoms with van der Waals surface area (Å²) in [6.07, 6.45) is 3.57. The lowest BCUT2D eigenvalue weighted by Gasteiger charge is -2.19. The van der Waals surface area contributed by atoms with E-state index in [2.05, 4.69) is 17.1 Å². The Bertz CT molecular complexity index is 434. The normalized spacial score (nSPS) is 12.6. The molecule has 1 aromatic heterocycles. The van der Waals surface area contributed by atoms with Crippen molar-refractivity contribution in [2.45, 2.75) is 6.61 Å². The van der Waals surface area contributed by atoms with E-state index in [-0.39, 0.29) is 0 Å². The van der Waals surface area contributed by atoms with Gasteiger partial charge < -0.3 is 4.74 Å². The van der Waals surface area contributed by atoms with Crippen molar-refractivity contribution in [2.75, 3.05) is 0 Å². The lowest BCUT2D eigenvalue weighted by molar-refractivity contribution is 0.301. The van der Waals surface area contributed by atoms with Crippen LogP contribution >= 0.6 is 0 Å². The van der Waals surface area contributed by atoms with Crippen LogP contribution in [0, 0.1) is 0 Å². The van der Waals surface area contributed by atoms with Gasteiger partial charge in [-0.2, -0.15) is 0 Å². The van der Waals surface area contributed by atoms with Crippen molar-refractivity contribution in [1.82, 2.24) is 4.98 Å². The lowest BCUT2D eigenvalue weighted by Crippen LogP contribution is -2.05. The maximum absolute atomic E-state index is 5.59. The number of hydrogen-bond acceptors (Lipinski definition) is 2. The van der Waals surface area contributed by atoms with Crippen LogP contribution in [0.4, 0.5) is 0 Å². The van der Waals surface area contributed by atoms with Crippen molar-refractivity contribution in [2.24, 2.45) is 0 Å². The summed E-state index contributed by atoms with van der Waals surface area (Å²) in [4.78, 5) is 4.05. The quantitative estimate of drug-likeness (QED) is 0.626. The molecule has 1 aliphatic rings. The van der Waals surface area contributed by atoms with Gasteiger partial charge in [0.2, 0.25) is 0 Å². The number of nitrogens with zero attached hydrogens (tertiary/aromatic N) is 1. The van der Waals surface area contributed by atoms with Crippen LogP contribution in [-0.2, 0) is 6.61 Å². The number of pyridine rings is 1. The summed E-state index contributed by atoms with van der Waals surface area (Å²) in [6.45, 7) is 0.648. The molecular weight excluding hydrogens is 174 g/mol. The van der Waals surface area contributed by atoms with Crippen molar-refractivity contribution in [3.05, 3.63) is 48.3 Å². The molecule has 1 aromatic carbocycles. The van der Waals surface area contributed by atoms with Gasteiger partial charge in [-0.05, 0) is 17.2 Å². The highest BCUT2D eigenvalue weighted by Gasteiger charge is 2.15. The Morgan fingerprint density at radius 3 is 3.00 bits per heavy atom. The van der Waals surface area contributed by atoms with Crippen LogP contribution in [-0.4, -0.2) is 4.98 Å². The van der Waals surface area contributed by atoms with Crippen molar-refractivity contribution >= 4 is 0 Å². The SMILES string of the molecule is c1ccc2c(c1)COc1cnccc1-2. The third-order valence-corrected chi connectivity index (χ3v) is 2.48. The number of aromatic nitrogens is 1. The van der Waals surface area contributed by atoms with E-state index < -0.39 is 0 Å². The second kappa shape index (κ2) is 2.84. The molecule has 14 heavy (non-hydrogen) atoms. The number of ether oxygens (including phenoxy) is 1. The summed E-state index contributed by atoms with van der Waals surface area (Å²) in [5.74, 6) is 0.881. The number of rotatable bonds is 0. The molecule has 2 heterocycles. The van der Waals surface area contributed by atoms with Crippen molar-refractivity contribution in [1.29, 1.82) is 0 Å². The van der Waals surface area contributed by atoms with Gasteiger partial charge in [-0.25, -0.2) is 0 Å². The third-order valence-electron chi connectivity index (χ3n) is 2.48. The summed E-state index contributed by atoms with van der Waals surface area (Å²) >= 11 is 0. The van der Waals surface area contributed by atoms with Gasteiger partial charge in [-0.15, -0.1) is 0 Å². The average molecular weight is 183 g/mol. The Morgan fingerprint density at radius 2 is 2.00 bits per heavy atom. The van der Waals surface area contributed by atoms with Gasteiger partial charge in [0, 0.05) is 11.8 Å². The van der Waals surface area contributed by atoms with Gasteiger partial charge in [-0.1, -0.05) is 24.3 Å². The van der Waals surface area contributed by atoms with Crippen molar-refractivity contribution in [3.8, 4) is 16.9 Å². The molecule has 2 nitrogen and oxygen atoms in total. The molecule has 0 aliphatic carbocycles. The molecule has 0 saturated heterocycles. The molecule has 0 N–H and O–H groups in total. The Hall–Kier alpha value is -1.83. The highest BCUT2D eigenvalue weighted by atomic mass is 16.5. The van der Waals surface area contributed by atoms with Crippen LogP contribution in [0.3, 0.4) is 0 Å². The van der Waals surface area contributed by atoms with Gasteiger partial charge >= 0.3 is 0 Å². The minimum absolute atomic E-state index is 0.648. The zero-order chi connectivity index (χ0) is 9.38. The second-order valence-electron chi connectivity index (χ2n) is 3.32. The third kappa shape index (κ3) is 1.01. The summed E-state index contributed by atoms with van der Waals surface area (Å²) in [5, 5.41) is 0. The van der Waals surface area contributed by atoms with E-state index in [9.17, 15) is 0 Å². The first-order chi connectivity index (χ1) is 6.95. The van der Waals surface area contributed by atoms with Crippen LogP contribution in [0.1, 0.15) is 5.56 Å². The standard InChI is InChI=1S/C12H9NO/c1-2-4-10-9(3-1)8-14-12-7-13-6-5-11(10)12/h1-7H,8H2. The largest absolute Gasteiger partial charge is 0.487 e. The topological polar surface area (TPSA) is 22.1 Å². The first-order valence-electron chi connectivity index (χ1n) is 4.60. The van der Waals surface area contributed by atoms with E-state index >= 15 is 0 Å². The van der Waals surface area contributed by atoms with Crippen LogP contribution < -0.4 is 4.74 Å². The Morgan fingerprint density at radius 1 is 1.07 bits per heavy atom. The van der Waals surface area contributed by atoms with E-state index in [1.807, 2.05) is 18.2 Å². The van der Waals surface area contributed by atoms with E-state index in [4.69, 9.17) is 4.74 Å². The molecule has 68 valence electrons. The van der Waals surface area contributed by atoms with Crippen LogP contribution in [0.25, 0.3) is 11.1 Å². The Kier molecular flexibility index (Phi) is 1.53. The Labute approximate surface area is 82.2 Å². The molecule has 0 atom stereocenters. The van der Waals surface area contributed by atoms with E-state index in [0.29, 0.717) is 6.61 Å². The summed E-state index contributed by atoms with van der Waals surface area (Å²) in [7, 11) is 0. The van der Waals surface area contributed by atoms with Gasteiger partial charge in [0.25, 0.3) is 0 Å². The summed E-state index contributed by atoms with van der Waals surface area (Å²) < 4.78 is 5.59. The maximum atomic E-state index is 5.59. The molecule has 0 fully saturated rings. The van der Waals surface area contributed by atoms with Gasteiger partial charge in [0.05, 0.1) is 6.20 Å². The fourth-order valence-electron chi connectivity index (χ4n) is 1.78. The van der Waals surface area contributed by atoms with E-state index in [0.717, 1.165) is 11.3 Å². The lowest BCUT2D eigenvalue weighted by atomic mass is 9.98. The van der Waals surface area contributed by atoms with E-state index in [1.54, 1.807) is 12.4 Å². The summed E-state index contributed by atoms with van der Waals surface area (Å²) in [5.41, 5.74) is 3.64. The molecule has 0 unspecified atom stereocenters. The van der Waals surface area contributed by atoms with Crippen LogP contribution in [0.2, 0.25) is 0 Å². The van der Waals surface area contributed by atoms with Crippen LogP contribution in [0.5, 0.6) is 5.75 Å².